The van der Waals surface area contributed by atoms with Gasteiger partial charge in [-0.3, -0.25) is 0 Å². The summed E-state index contributed by atoms with van der Waals surface area (Å²) in [5.41, 5.74) is 6.66. The van der Waals surface area contributed by atoms with Crippen LogP contribution in [0.2, 0.25) is 0 Å². The fourth-order valence-corrected chi connectivity index (χ4v) is 2.29. The van der Waals surface area contributed by atoms with E-state index in [0.717, 1.165) is 31.4 Å². The molecule has 0 aliphatic carbocycles. The van der Waals surface area contributed by atoms with Crippen molar-refractivity contribution in [3.05, 3.63) is 23.8 Å². The van der Waals surface area contributed by atoms with Crippen molar-refractivity contribution >= 4 is 0 Å². The summed E-state index contributed by atoms with van der Waals surface area (Å²) in [4.78, 5) is 12.8. The summed E-state index contributed by atoms with van der Waals surface area (Å²) in [5.74, 6) is 2.78. The van der Waals surface area contributed by atoms with Crippen LogP contribution in [0.5, 0.6) is 0 Å². The molecule has 0 spiro atoms. The lowest BCUT2D eigenvalue weighted by Gasteiger charge is -2.18. The predicted molar refractivity (Wildman–Crippen MR) is 80.4 cm³/mol. The molecule has 0 aliphatic heterocycles. The van der Waals surface area contributed by atoms with Crippen molar-refractivity contribution in [1.82, 2.24) is 20.1 Å². The molecule has 2 N–H and O–H groups in total. The van der Waals surface area contributed by atoms with E-state index in [-0.39, 0.29) is 0 Å². The monoisotopic (exact) mass is 289 g/mol. The van der Waals surface area contributed by atoms with Gasteiger partial charge >= 0.3 is 0 Å². The lowest BCUT2D eigenvalue weighted by molar-refractivity contribution is 0.313. The van der Waals surface area contributed by atoms with Crippen molar-refractivity contribution in [2.45, 2.75) is 40.0 Å². The van der Waals surface area contributed by atoms with Gasteiger partial charge in [0, 0.05) is 18.8 Å². The third-order valence-electron chi connectivity index (χ3n) is 3.66. The van der Waals surface area contributed by atoms with Crippen molar-refractivity contribution < 1.29 is 4.52 Å². The van der Waals surface area contributed by atoms with E-state index < -0.39 is 0 Å². The standard InChI is InChI=1S/C15H23N5O/c1-10(2)12(6-7-16)4-5-13-19-15(20-21-13)14-17-8-11(3)9-18-14/h8-10,12H,4-7,16H2,1-3H3. The zero-order chi connectivity index (χ0) is 15.2. The molecular formula is C15H23N5O. The van der Waals surface area contributed by atoms with Crippen LogP contribution >= 0.6 is 0 Å². The van der Waals surface area contributed by atoms with E-state index in [4.69, 9.17) is 10.3 Å². The summed E-state index contributed by atoms with van der Waals surface area (Å²) < 4.78 is 5.29. The summed E-state index contributed by atoms with van der Waals surface area (Å²) >= 11 is 0. The van der Waals surface area contributed by atoms with E-state index in [9.17, 15) is 0 Å². The number of nitrogens with two attached hydrogens (primary N) is 1. The van der Waals surface area contributed by atoms with Gasteiger partial charge in [0.15, 0.2) is 0 Å². The van der Waals surface area contributed by atoms with Crippen LogP contribution in [0.15, 0.2) is 16.9 Å². The fourth-order valence-electron chi connectivity index (χ4n) is 2.29. The van der Waals surface area contributed by atoms with E-state index in [0.29, 0.717) is 29.4 Å². The van der Waals surface area contributed by atoms with Crippen LogP contribution in [0.25, 0.3) is 11.6 Å². The van der Waals surface area contributed by atoms with Gasteiger partial charge < -0.3 is 10.3 Å². The Hall–Kier alpha value is -1.82. The number of nitrogens with zero attached hydrogens (tertiary/aromatic N) is 4. The molecule has 2 heterocycles. The maximum Gasteiger partial charge on any atom is 0.240 e. The number of rotatable bonds is 7. The van der Waals surface area contributed by atoms with Gasteiger partial charge in [-0.15, -0.1) is 0 Å². The molecule has 0 bridgehead atoms. The average Bonchev–Trinajstić information content (AvgIpc) is 2.92. The molecule has 21 heavy (non-hydrogen) atoms. The van der Waals surface area contributed by atoms with Gasteiger partial charge in [-0.2, -0.15) is 4.98 Å². The molecule has 2 aromatic rings. The van der Waals surface area contributed by atoms with Crippen LogP contribution in [0.3, 0.4) is 0 Å². The van der Waals surface area contributed by atoms with E-state index >= 15 is 0 Å². The molecule has 1 unspecified atom stereocenters. The summed E-state index contributed by atoms with van der Waals surface area (Å²) in [6.07, 6.45) is 6.29. The van der Waals surface area contributed by atoms with Gasteiger partial charge in [0.1, 0.15) is 0 Å². The maximum absolute atomic E-state index is 5.66. The first-order valence-electron chi connectivity index (χ1n) is 7.41. The molecule has 6 heteroatoms. The Bertz CT molecular complexity index is 549. The number of hydrogen-bond acceptors (Lipinski definition) is 6. The van der Waals surface area contributed by atoms with Gasteiger partial charge in [-0.1, -0.05) is 19.0 Å². The minimum Gasteiger partial charge on any atom is -0.339 e. The molecule has 0 aromatic carbocycles. The highest BCUT2D eigenvalue weighted by Gasteiger charge is 2.16. The van der Waals surface area contributed by atoms with E-state index in [1.54, 1.807) is 12.4 Å². The molecule has 0 aliphatic rings. The first kappa shape index (κ1) is 15.6. The Labute approximate surface area is 125 Å². The first-order chi connectivity index (χ1) is 10.1. The summed E-state index contributed by atoms with van der Waals surface area (Å²) in [7, 11) is 0. The highest BCUT2D eigenvalue weighted by Crippen LogP contribution is 2.21. The summed E-state index contributed by atoms with van der Waals surface area (Å²) in [6, 6.07) is 0. The van der Waals surface area contributed by atoms with Crippen molar-refractivity contribution in [3.8, 4) is 11.6 Å². The number of aromatic nitrogens is 4. The molecule has 2 aromatic heterocycles. The van der Waals surface area contributed by atoms with Crippen LogP contribution in [0, 0.1) is 18.8 Å². The van der Waals surface area contributed by atoms with Crippen molar-refractivity contribution in [1.29, 1.82) is 0 Å². The molecular weight excluding hydrogens is 266 g/mol. The Morgan fingerprint density at radius 3 is 2.48 bits per heavy atom. The summed E-state index contributed by atoms with van der Waals surface area (Å²) in [6.45, 7) is 7.10. The maximum atomic E-state index is 5.66. The van der Waals surface area contributed by atoms with E-state index in [1.165, 1.54) is 0 Å². The predicted octanol–water partition coefficient (Wildman–Crippen LogP) is 2.39. The highest BCUT2D eigenvalue weighted by molar-refractivity contribution is 5.40. The topological polar surface area (TPSA) is 90.7 Å². The quantitative estimate of drug-likeness (QED) is 0.841. The average molecular weight is 289 g/mol. The molecule has 0 saturated heterocycles. The Balaban J connectivity index is 1.98. The smallest absolute Gasteiger partial charge is 0.240 e. The van der Waals surface area contributed by atoms with Crippen LogP contribution in [0.1, 0.15) is 38.1 Å². The molecule has 6 nitrogen and oxygen atoms in total. The SMILES string of the molecule is Cc1cnc(-c2noc(CCC(CCN)C(C)C)n2)nc1. The second kappa shape index (κ2) is 7.26. The van der Waals surface area contributed by atoms with E-state index in [2.05, 4.69) is 34.0 Å². The normalized spacial score (nSPS) is 12.8. The molecule has 0 amide bonds. The first-order valence-corrected chi connectivity index (χ1v) is 7.41. The number of hydrogen-bond donors (Lipinski definition) is 1. The zero-order valence-electron chi connectivity index (χ0n) is 12.9. The summed E-state index contributed by atoms with van der Waals surface area (Å²) in [5, 5.41) is 3.95. The lowest BCUT2D eigenvalue weighted by Crippen LogP contribution is -2.15. The van der Waals surface area contributed by atoms with Gasteiger partial charge in [-0.25, -0.2) is 9.97 Å². The zero-order valence-corrected chi connectivity index (χ0v) is 12.9. The third-order valence-corrected chi connectivity index (χ3v) is 3.66. The molecule has 2 rings (SSSR count). The van der Waals surface area contributed by atoms with Crippen molar-refractivity contribution in [3.63, 3.8) is 0 Å². The highest BCUT2D eigenvalue weighted by atomic mass is 16.5. The Kier molecular flexibility index (Phi) is 5.38. The van der Waals surface area contributed by atoms with Gasteiger partial charge in [0.2, 0.25) is 17.5 Å². The second-order valence-electron chi connectivity index (χ2n) is 5.72. The fraction of sp³-hybridized carbons (Fsp3) is 0.600. The molecule has 0 fully saturated rings. The molecule has 114 valence electrons. The molecule has 0 radical (unpaired) electrons. The largest absolute Gasteiger partial charge is 0.339 e. The van der Waals surface area contributed by atoms with Crippen LogP contribution < -0.4 is 5.73 Å². The minimum absolute atomic E-state index is 0.449. The van der Waals surface area contributed by atoms with Crippen LogP contribution in [0.4, 0.5) is 0 Å². The third kappa shape index (κ3) is 4.32. The molecule has 1 atom stereocenters. The van der Waals surface area contributed by atoms with E-state index in [1.807, 2.05) is 6.92 Å². The van der Waals surface area contributed by atoms with Crippen LogP contribution in [-0.2, 0) is 6.42 Å². The van der Waals surface area contributed by atoms with Gasteiger partial charge in [0.05, 0.1) is 0 Å². The Morgan fingerprint density at radius 2 is 1.86 bits per heavy atom. The molecule has 0 saturated carbocycles. The van der Waals surface area contributed by atoms with Crippen LogP contribution in [-0.4, -0.2) is 26.7 Å². The number of aryl methyl sites for hydroxylation is 2. The van der Waals surface area contributed by atoms with Crippen molar-refractivity contribution in [2.24, 2.45) is 17.6 Å². The van der Waals surface area contributed by atoms with Gasteiger partial charge in [-0.05, 0) is 43.7 Å². The lowest BCUT2D eigenvalue weighted by atomic mass is 9.88. The Morgan fingerprint density at radius 1 is 1.14 bits per heavy atom. The van der Waals surface area contributed by atoms with Gasteiger partial charge in [0.25, 0.3) is 0 Å². The van der Waals surface area contributed by atoms with Crippen molar-refractivity contribution in [2.75, 3.05) is 6.54 Å². The minimum atomic E-state index is 0.449. The second-order valence-corrected chi connectivity index (χ2v) is 5.72.